The predicted molar refractivity (Wildman–Crippen MR) is 83.6 cm³/mol. The third-order valence-electron chi connectivity index (χ3n) is 4.20. The highest BCUT2D eigenvalue weighted by molar-refractivity contribution is 5.58. The molecule has 0 aliphatic heterocycles. The summed E-state index contributed by atoms with van der Waals surface area (Å²) in [7, 11) is 0. The normalized spacial score (nSPS) is 23.4. The lowest BCUT2D eigenvalue weighted by molar-refractivity contribution is 0.501. The minimum atomic E-state index is 0.328. The van der Waals surface area contributed by atoms with Gasteiger partial charge in [0.2, 0.25) is 0 Å². The quantitative estimate of drug-likeness (QED) is 0.447. The van der Waals surface area contributed by atoms with Gasteiger partial charge < -0.3 is 10.7 Å². The molecule has 0 spiro atoms. The van der Waals surface area contributed by atoms with Gasteiger partial charge in [0.25, 0.3) is 0 Å². The maximum atomic E-state index is 5.57. The smallest absolute Gasteiger partial charge is 0.148 e. The molecule has 0 amide bonds. The second-order valence-electron chi connectivity index (χ2n) is 6.24. The first-order valence-electron chi connectivity index (χ1n) is 7.69. The van der Waals surface area contributed by atoms with Crippen molar-refractivity contribution < 1.29 is 0 Å². The van der Waals surface area contributed by atoms with Gasteiger partial charge in [-0.1, -0.05) is 33.6 Å². The largest absolute Gasteiger partial charge is 0.367 e. The molecular weight excluding hydrogens is 250 g/mol. The monoisotopic (exact) mass is 277 g/mol. The summed E-state index contributed by atoms with van der Waals surface area (Å²) < 4.78 is 0. The van der Waals surface area contributed by atoms with Crippen molar-refractivity contribution in [1.82, 2.24) is 9.97 Å². The van der Waals surface area contributed by atoms with Crippen molar-refractivity contribution in [2.75, 3.05) is 10.7 Å². The Morgan fingerprint density at radius 3 is 2.60 bits per heavy atom. The van der Waals surface area contributed by atoms with Gasteiger partial charge >= 0.3 is 0 Å². The average molecular weight is 277 g/mol. The fourth-order valence-electron chi connectivity index (χ4n) is 3.00. The number of hydrogen-bond acceptors (Lipinski definition) is 5. The van der Waals surface area contributed by atoms with Gasteiger partial charge in [-0.2, -0.15) is 0 Å². The lowest BCUT2D eigenvalue weighted by atomic mass is 10.0. The van der Waals surface area contributed by atoms with Crippen LogP contribution in [0.15, 0.2) is 6.33 Å². The molecule has 2 rings (SSSR count). The van der Waals surface area contributed by atoms with E-state index in [9.17, 15) is 0 Å². The molecule has 0 saturated heterocycles. The summed E-state index contributed by atoms with van der Waals surface area (Å²) in [4.78, 5) is 8.65. The van der Waals surface area contributed by atoms with Crippen LogP contribution in [-0.4, -0.2) is 16.0 Å². The van der Waals surface area contributed by atoms with E-state index in [4.69, 9.17) is 5.84 Å². The van der Waals surface area contributed by atoms with E-state index in [-0.39, 0.29) is 0 Å². The van der Waals surface area contributed by atoms with Crippen molar-refractivity contribution >= 4 is 11.6 Å². The summed E-state index contributed by atoms with van der Waals surface area (Å²) in [5, 5.41) is 3.62. The van der Waals surface area contributed by atoms with Gasteiger partial charge in [-0.15, -0.1) is 0 Å². The number of hydrazine groups is 1. The summed E-state index contributed by atoms with van der Waals surface area (Å²) in [6.45, 7) is 6.63. The summed E-state index contributed by atoms with van der Waals surface area (Å²) in [6, 6.07) is 0.512. The fraction of sp³-hybridized carbons (Fsp3) is 0.733. The van der Waals surface area contributed by atoms with Crippen LogP contribution in [0.25, 0.3) is 0 Å². The molecule has 1 aliphatic rings. The Kier molecular flexibility index (Phi) is 5.17. The van der Waals surface area contributed by atoms with Gasteiger partial charge in [0.05, 0.1) is 0 Å². The molecule has 5 nitrogen and oxygen atoms in total. The van der Waals surface area contributed by atoms with Gasteiger partial charge in [-0.05, 0) is 31.1 Å². The highest BCUT2D eigenvalue weighted by Gasteiger charge is 2.20. The zero-order valence-corrected chi connectivity index (χ0v) is 12.8. The number of rotatable bonds is 4. The molecule has 2 atom stereocenters. The first-order valence-corrected chi connectivity index (χ1v) is 7.69. The fourth-order valence-corrected chi connectivity index (χ4v) is 3.00. The zero-order valence-electron chi connectivity index (χ0n) is 12.8. The van der Waals surface area contributed by atoms with Crippen LogP contribution in [0.4, 0.5) is 11.6 Å². The van der Waals surface area contributed by atoms with Crippen molar-refractivity contribution in [2.45, 2.75) is 64.8 Å². The second kappa shape index (κ2) is 6.88. The molecule has 2 unspecified atom stereocenters. The first-order chi connectivity index (χ1) is 9.61. The van der Waals surface area contributed by atoms with E-state index in [0.29, 0.717) is 12.0 Å². The minimum absolute atomic E-state index is 0.328. The maximum Gasteiger partial charge on any atom is 0.148 e. The Bertz CT molecular complexity index is 432. The summed E-state index contributed by atoms with van der Waals surface area (Å²) in [5.74, 6) is 8.39. The highest BCUT2D eigenvalue weighted by atomic mass is 15.3. The van der Waals surface area contributed by atoms with Gasteiger partial charge in [0, 0.05) is 11.6 Å². The molecule has 1 aromatic rings. The third kappa shape index (κ3) is 3.60. The van der Waals surface area contributed by atoms with Crippen molar-refractivity contribution in [3.63, 3.8) is 0 Å². The number of anilines is 2. The van der Waals surface area contributed by atoms with Crippen LogP contribution in [0.5, 0.6) is 0 Å². The van der Waals surface area contributed by atoms with Crippen molar-refractivity contribution in [3.8, 4) is 0 Å². The first kappa shape index (κ1) is 15.0. The van der Waals surface area contributed by atoms with Crippen LogP contribution >= 0.6 is 0 Å². The van der Waals surface area contributed by atoms with Crippen molar-refractivity contribution in [2.24, 2.45) is 11.8 Å². The van der Waals surface area contributed by atoms with Gasteiger partial charge in [-0.25, -0.2) is 15.8 Å². The van der Waals surface area contributed by atoms with Crippen molar-refractivity contribution in [3.05, 3.63) is 11.9 Å². The van der Waals surface area contributed by atoms with Crippen molar-refractivity contribution in [1.29, 1.82) is 0 Å². The standard InChI is InChI=1S/C15H27N5/c1-10(2)13-14(17-9-18-15(13)20-16)19-12-6-4-5-11(3)7-8-12/h9-12H,4-8,16H2,1-3H3,(H2,17,18,19,20). The minimum Gasteiger partial charge on any atom is -0.367 e. The molecule has 1 saturated carbocycles. The van der Waals surface area contributed by atoms with Gasteiger partial charge in [0.1, 0.15) is 18.0 Å². The lowest BCUT2D eigenvalue weighted by Gasteiger charge is -2.21. The van der Waals surface area contributed by atoms with Crippen LogP contribution in [0.3, 0.4) is 0 Å². The highest BCUT2D eigenvalue weighted by Crippen LogP contribution is 2.30. The Hall–Kier alpha value is -1.36. The molecule has 0 aromatic carbocycles. The van der Waals surface area contributed by atoms with E-state index in [1.54, 1.807) is 6.33 Å². The predicted octanol–water partition coefficient (Wildman–Crippen LogP) is 3.27. The van der Waals surface area contributed by atoms with E-state index in [1.165, 1.54) is 32.1 Å². The number of nitrogens with two attached hydrogens (primary N) is 1. The molecule has 5 heteroatoms. The van der Waals surface area contributed by atoms with E-state index in [1.807, 2.05) is 0 Å². The molecule has 0 radical (unpaired) electrons. The topological polar surface area (TPSA) is 75.9 Å². The molecule has 20 heavy (non-hydrogen) atoms. The molecule has 4 N–H and O–H groups in total. The number of nitrogens with one attached hydrogen (secondary N) is 2. The second-order valence-corrected chi connectivity index (χ2v) is 6.24. The van der Waals surface area contributed by atoms with E-state index in [2.05, 4.69) is 41.5 Å². The zero-order chi connectivity index (χ0) is 14.5. The number of nitrogens with zero attached hydrogens (tertiary/aromatic N) is 2. The van der Waals surface area contributed by atoms with Crippen LogP contribution in [0, 0.1) is 5.92 Å². The van der Waals surface area contributed by atoms with E-state index in [0.717, 1.165) is 23.1 Å². The molecule has 1 aromatic heterocycles. The summed E-state index contributed by atoms with van der Waals surface area (Å²) in [5.41, 5.74) is 3.76. The molecule has 0 bridgehead atoms. The molecule has 1 fully saturated rings. The Labute approximate surface area is 121 Å². The van der Waals surface area contributed by atoms with Gasteiger partial charge in [-0.3, -0.25) is 0 Å². The lowest BCUT2D eigenvalue weighted by Crippen LogP contribution is -2.22. The van der Waals surface area contributed by atoms with E-state index >= 15 is 0 Å². The van der Waals surface area contributed by atoms with Crippen LogP contribution in [-0.2, 0) is 0 Å². The molecule has 1 heterocycles. The number of nitrogen functional groups attached to an aromatic ring is 1. The third-order valence-corrected chi connectivity index (χ3v) is 4.20. The van der Waals surface area contributed by atoms with Gasteiger partial charge in [0.15, 0.2) is 0 Å². The Morgan fingerprint density at radius 1 is 1.15 bits per heavy atom. The summed E-state index contributed by atoms with van der Waals surface area (Å²) in [6.07, 6.45) is 7.94. The Morgan fingerprint density at radius 2 is 1.90 bits per heavy atom. The number of aromatic nitrogens is 2. The number of hydrogen-bond donors (Lipinski definition) is 3. The summed E-state index contributed by atoms with van der Waals surface area (Å²) >= 11 is 0. The molecule has 1 aliphatic carbocycles. The van der Waals surface area contributed by atoms with Crippen LogP contribution in [0.2, 0.25) is 0 Å². The van der Waals surface area contributed by atoms with E-state index < -0.39 is 0 Å². The van der Waals surface area contributed by atoms with Crippen LogP contribution in [0.1, 0.15) is 64.4 Å². The average Bonchev–Trinajstić information content (AvgIpc) is 2.63. The SMILES string of the molecule is CC1CCCC(Nc2ncnc(NN)c2C(C)C)CC1. The maximum absolute atomic E-state index is 5.57. The molecule has 112 valence electrons. The molecular formula is C15H27N5. The van der Waals surface area contributed by atoms with Crippen LogP contribution < -0.4 is 16.6 Å². The Balaban J connectivity index is 2.16.